The molecular weight excluding hydrogens is 312 g/mol. The van der Waals surface area contributed by atoms with Crippen LogP contribution in [0.4, 0.5) is 5.69 Å². The maximum atomic E-state index is 3.74. The molecule has 0 bridgehead atoms. The van der Waals surface area contributed by atoms with Crippen molar-refractivity contribution in [1.82, 2.24) is 5.32 Å². The summed E-state index contributed by atoms with van der Waals surface area (Å²) >= 11 is 3.74. The van der Waals surface area contributed by atoms with Crippen LogP contribution in [-0.4, -0.2) is 19.1 Å². The van der Waals surface area contributed by atoms with Crippen LogP contribution in [0.25, 0.3) is 0 Å². The summed E-state index contributed by atoms with van der Waals surface area (Å²) in [7, 11) is 0. The van der Waals surface area contributed by atoms with Crippen molar-refractivity contribution in [3.05, 3.63) is 28.2 Å². The van der Waals surface area contributed by atoms with Crippen molar-refractivity contribution in [2.45, 2.75) is 52.6 Å². The average molecular weight is 339 g/mol. The largest absolute Gasteiger partial charge is 0.369 e. The number of anilines is 1. The van der Waals surface area contributed by atoms with Gasteiger partial charge in [0.1, 0.15) is 0 Å². The third-order valence-electron chi connectivity index (χ3n) is 4.08. The number of nitrogens with zero attached hydrogens (tertiary/aromatic N) is 1. The van der Waals surface area contributed by atoms with E-state index in [9.17, 15) is 0 Å². The minimum absolute atomic E-state index is 0.697. The Morgan fingerprint density at radius 3 is 2.85 bits per heavy atom. The van der Waals surface area contributed by atoms with E-state index >= 15 is 0 Å². The smallest absolute Gasteiger partial charge is 0.0380 e. The molecule has 0 saturated carbocycles. The van der Waals surface area contributed by atoms with Crippen LogP contribution in [0, 0.1) is 5.92 Å². The Morgan fingerprint density at radius 1 is 1.40 bits per heavy atom. The molecule has 2 rings (SSSR count). The summed E-state index contributed by atoms with van der Waals surface area (Å²) in [6.07, 6.45) is 3.91. The number of nitrogens with one attached hydrogen (secondary N) is 1. The lowest BCUT2D eigenvalue weighted by Crippen LogP contribution is -2.28. The number of hydrogen-bond acceptors (Lipinski definition) is 2. The molecule has 20 heavy (non-hydrogen) atoms. The average Bonchev–Trinajstić information content (AvgIpc) is 2.88. The molecule has 0 aliphatic carbocycles. The molecular formula is C17H27BrN2. The first-order valence-electron chi connectivity index (χ1n) is 7.87. The Balaban J connectivity index is 2.02. The van der Waals surface area contributed by atoms with E-state index in [-0.39, 0.29) is 0 Å². The van der Waals surface area contributed by atoms with E-state index in [2.05, 4.69) is 65.1 Å². The first kappa shape index (κ1) is 15.8. The minimum atomic E-state index is 0.697. The van der Waals surface area contributed by atoms with Crippen molar-refractivity contribution in [2.75, 3.05) is 18.0 Å². The second kappa shape index (κ2) is 7.46. The van der Waals surface area contributed by atoms with E-state index in [4.69, 9.17) is 0 Å². The van der Waals surface area contributed by atoms with Crippen molar-refractivity contribution in [3.63, 3.8) is 0 Å². The highest BCUT2D eigenvalue weighted by molar-refractivity contribution is 9.10. The fourth-order valence-electron chi connectivity index (χ4n) is 2.95. The highest BCUT2D eigenvalue weighted by atomic mass is 79.9. The molecule has 112 valence electrons. The van der Waals surface area contributed by atoms with Crippen molar-refractivity contribution in [3.8, 4) is 0 Å². The van der Waals surface area contributed by atoms with E-state index in [1.54, 1.807) is 0 Å². The third-order valence-corrected chi connectivity index (χ3v) is 4.82. The van der Waals surface area contributed by atoms with E-state index in [1.165, 1.54) is 41.5 Å². The van der Waals surface area contributed by atoms with E-state index in [0.29, 0.717) is 5.92 Å². The van der Waals surface area contributed by atoms with Crippen LogP contribution in [0.3, 0.4) is 0 Å². The molecule has 1 heterocycles. The van der Waals surface area contributed by atoms with Crippen LogP contribution in [-0.2, 0) is 6.54 Å². The van der Waals surface area contributed by atoms with Gasteiger partial charge in [0.05, 0.1) is 0 Å². The van der Waals surface area contributed by atoms with Gasteiger partial charge in [-0.15, -0.1) is 0 Å². The summed E-state index contributed by atoms with van der Waals surface area (Å²) in [5.74, 6) is 0.697. The third kappa shape index (κ3) is 3.98. The number of rotatable bonds is 6. The SMILES string of the molecule is CCC1CCCN1c1ccc(CNCC(C)C)c(Br)c1. The van der Waals surface area contributed by atoms with Gasteiger partial charge in [-0.1, -0.05) is 42.8 Å². The van der Waals surface area contributed by atoms with E-state index in [1.807, 2.05) is 0 Å². The molecule has 1 unspecified atom stereocenters. The zero-order valence-corrected chi connectivity index (χ0v) is 14.5. The molecule has 3 heteroatoms. The molecule has 1 aliphatic rings. The maximum Gasteiger partial charge on any atom is 0.0380 e. The van der Waals surface area contributed by atoms with Crippen molar-refractivity contribution in [1.29, 1.82) is 0 Å². The fraction of sp³-hybridized carbons (Fsp3) is 0.647. The zero-order valence-electron chi connectivity index (χ0n) is 13.0. The Morgan fingerprint density at radius 2 is 2.20 bits per heavy atom. The van der Waals surface area contributed by atoms with Crippen LogP contribution < -0.4 is 10.2 Å². The van der Waals surface area contributed by atoms with Crippen LogP contribution >= 0.6 is 15.9 Å². The Hall–Kier alpha value is -0.540. The minimum Gasteiger partial charge on any atom is -0.369 e. The van der Waals surface area contributed by atoms with Crippen LogP contribution in [0.5, 0.6) is 0 Å². The van der Waals surface area contributed by atoms with Crippen molar-refractivity contribution < 1.29 is 0 Å². The molecule has 0 amide bonds. The standard InChI is InChI=1S/C17H27BrN2/c1-4-15-6-5-9-20(15)16-8-7-14(17(18)10-16)12-19-11-13(2)3/h7-8,10,13,15,19H,4-6,9,11-12H2,1-3H3. The first-order valence-corrected chi connectivity index (χ1v) is 8.67. The van der Waals surface area contributed by atoms with Gasteiger partial charge in [-0.3, -0.25) is 0 Å². The molecule has 0 radical (unpaired) electrons. The van der Waals surface area contributed by atoms with Crippen LogP contribution in [0.15, 0.2) is 22.7 Å². The Kier molecular flexibility index (Phi) is 5.91. The van der Waals surface area contributed by atoms with Gasteiger partial charge in [-0.2, -0.15) is 0 Å². The molecule has 1 aromatic carbocycles. The molecule has 2 nitrogen and oxygen atoms in total. The van der Waals surface area contributed by atoms with Crippen LogP contribution in [0.2, 0.25) is 0 Å². The molecule has 0 aromatic heterocycles. The lowest BCUT2D eigenvalue weighted by molar-refractivity contribution is 0.552. The predicted octanol–water partition coefficient (Wildman–Crippen LogP) is 4.57. The quantitative estimate of drug-likeness (QED) is 0.816. The second-order valence-electron chi connectivity index (χ2n) is 6.20. The molecule has 0 spiro atoms. The number of halogens is 1. The zero-order chi connectivity index (χ0) is 14.5. The normalized spacial score (nSPS) is 19.1. The van der Waals surface area contributed by atoms with Crippen molar-refractivity contribution >= 4 is 21.6 Å². The summed E-state index contributed by atoms with van der Waals surface area (Å²) in [5.41, 5.74) is 2.72. The Bertz CT molecular complexity index is 431. The van der Waals surface area contributed by atoms with Crippen molar-refractivity contribution in [2.24, 2.45) is 5.92 Å². The first-order chi connectivity index (χ1) is 9.61. The highest BCUT2D eigenvalue weighted by Gasteiger charge is 2.23. The molecule has 1 atom stereocenters. The summed E-state index contributed by atoms with van der Waals surface area (Å²) in [5, 5.41) is 3.51. The number of benzene rings is 1. The topological polar surface area (TPSA) is 15.3 Å². The summed E-state index contributed by atoms with van der Waals surface area (Å²) in [6.45, 7) is 9.99. The van der Waals surface area contributed by atoms with E-state index in [0.717, 1.165) is 19.1 Å². The monoisotopic (exact) mass is 338 g/mol. The highest BCUT2D eigenvalue weighted by Crippen LogP contribution is 2.30. The second-order valence-corrected chi connectivity index (χ2v) is 7.05. The van der Waals surface area contributed by atoms with Gasteiger partial charge in [0.2, 0.25) is 0 Å². The fourth-order valence-corrected chi connectivity index (χ4v) is 3.46. The molecule has 1 aromatic rings. The molecule has 1 aliphatic heterocycles. The van der Waals surface area contributed by atoms with Gasteiger partial charge >= 0.3 is 0 Å². The van der Waals surface area contributed by atoms with Gasteiger partial charge in [0.25, 0.3) is 0 Å². The van der Waals surface area contributed by atoms with Crippen LogP contribution in [0.1, 0.15) is 45.6 Å². The molecule has 1 N–H and O–H groups in total. The van der Waals surface area contributed by atoms with Gasteiger partial charge in [0.15, 0.2) is 0 Å². The predicted molar refractivity (Wildman–Crippen MR) is 91.3 cm³/mol. The van der Waals surface area contributed by atoms with Gasteiger partial charge in [-0.05, 0) is 49.4 Å². The van der Waals surface area contributed by atoms with Gasteiger partial charge < -0.3 is 10.2 Å². The molecule has 1 fully saturated rings. The van der Waals surface area contributed by atoms with Gasteiger partial charge in [0, 0.05) is 29.3 Å². The lowest BCUT2D eigenvalue weighted by atomic mass is 10.1. The van der Waals surface area contributed by atoms with Gasteiger partial charge in [-0.25, -0.2) is 0 Å². The summed E-state index contributed by atoms with van der Waals surface area (Å²) in [6, 6.07) is 7.57. The Labute approximate surface area is 132 Å². The summed E-state index contributed by atoms with van der Waals surface area (Å²) in [4.78, 5) is 2.57. The van der Waals surface area contributed by atoms with E-state index < -0.39 is 0 Å². The maximum absolute atomic E-state index is 3.74. The number of hydrogen-bond donors (Lipinski definition) is 1. The summed E-state index contributed by atoms with van der Waals surface area (Å²) < 4.78 is 1.23. The lowest BCUT2D eigenvalue weighted by Gasteiger charge is -2.26. The molecule has 1 saturated heterocycles.